The van der Waals surface area contributed by atoms with Crippen LogP contribution in [0.3, 0.4) is 0 Å². The van der Waals surface area contributed by atoms with Crippen LogP contribution in [0.4, 0.5) is 0 Å². The second kappa shape index (κ2) is 65.7. The number of allylic oxidation sites excluding steroid dienone is 6. The molecule has 2 atom stereocenters. The van der Waals surface area contributed by atoms with Gasteiger partial charge in [-0.1, -0.05) is 326 Å². The number of phosphoric acid groups is 1. The summed E-state index contributed by atoms with van der Waals surface area (Å²) in [6, 6.07) is 0. The van der Waals surface area contributed by atoms with Gasteiger partial charge in [0.15, 0.2) is 6.10 Å². The molecule has 0 radical (unpaired) electrons. The Balaban J connectivity index is 3.97. The molecule has 0 bridgehead atoms. The maximum absolute atomic E-state index is 12.9. The standard InChI is InChI=1S/C74H142NO8P/c1-6-8-10-12-14-16-18-20-22-24-26-28-30-32-34-36-37-39-41-43-45-47-49-51-53-55-57-59-61-63-65-67-74(77)83-72(71-82-84(78,79)81-69-68-75(3,4)5)70-80-73(76)66-64-62-60-58-56-54-52-50-48-46-44-42-40-38-35-33-31-29-27-25-23-21-19-17-15-13-11-9-7-2/h18,20,24-27,72H,6-17,19,21-23,28-71H2,1-5H3/b20-18-,26-24-,27-25-. The Morgan fingerprint density at radius 1 is 0.369 bits per heavy atom. The molecule has 0 N–H and O–H groups in total. The second-order valence-electron chi connectivity index (χ2n) is 26.3. The summed E-state index contributed by atoms with van der Waals surface area (Å²) in [6.45, 7) is 4.30. The van der Waals surface area contributed by atoms with E-state index in [1.807, 2.05) is 21.1 Å². The Morgan fingerprint density at radius 3 is 0.952 bits per heavy atom. The van der Waals surface area contributed by atoms with Gasteiger partial charge in [0, 0.05) is 12.8 Å². The highest BCUT2D eigenvalue weighted by Gasteiger charge is 2.22. The molecule has 496 valence electrons. The third kappa shape index (κ3) is 69.3. The Labute approximate surface area is 522 Å². The van der Waals surface area contributed by atoms with E-state index in [4.69, 9.17) is 18.5 Å². The molecule has 2 unspecified atom stereocenters. The van der Waals surface area contributed by atoms with Gasteiger partial charge in [-0.05, 0) is 70.6 Å². The molecule has 0 fully saturated rings. The van der Waals surface area contributed by atoms with Crippen molar-refractivity contribution in [3.05, 3.63) is 36.5 Å². The fourth-order valence-corrected chi connectivity index (χ4v) is 11.7. The SMILES string of the molecule is CCCCCCC/C=C\C/C=C\CCCCCCCCCCCCCCCCCCCCCC(=O)OC(COC(=O)CCCCCCCCCCCCCCCCCCC/C=C\CCCCCCCCCC)COP(=O)([O-])OCC[N+](C)(C)C. The molecule has 0 rings (SSSR count). The molecule has 0 amide bonds. The number of quaternary nitrogens is 1. The van der Waals surface area contributed by atoms with Crippen molar-refractivity contribution in [1.29, 1.82) is 0 Å². The predicted molar refractivity (Wildman–Crippen MR) is 361 cm³/mol. The summed E-state index contributed by atoms with van der Waals surface area (Å²) in [7, 11) is 1.19. The Morgan fingerprint density at radius 2 is 0.643 bits per heavy atom. The summed E-state index contributed by atoms with van der Waals surface area (Å²) in [5.74, 6) is -0.811. The van der Waals surface area contributed by atoms with E-state index in [9.17, 15) is 19.0 Å². The van der Waals surface area contributed by atoms with E-state index in [2.05, 4.69) is 50.3 Å². The van der Waals surface area contributed by atoms with Crippen LogP contribution < -0.4 is 4.89 Å². The number of rotatable bonds is 69. The van der Waals surface area contributed by atoms with Crippen LogP contribution in [0, 0.1) is 0 Å². The molecule has 0 aliphatic rings. The number of nitrogens with zero attached hydrogens (tertiary/aromatic N) is 1. The molecular formula is C74H142NO8P. The molecule has 10 heteroatoms. The minimum absolute atomic E-state index is 0.0278. The van der Waals surface area contributed by atoms with Crippen LogP contribution in [0.5, 0.6) is 0 Å². The molecule has 0 aromatic rings. The lowest BCUT2D eigenvalue weighted by molar-refractivity contribution is -0.870. The highest BCUT2D eigenvalue weighted by molar-refractivity contribution is 7.45. The van der Waals surface area contributed by atoms with Crippen LogP contribution in [0.1, 0.15) is 373 Å². The maximum Gasteiger partial charge on any atom is 0.306 e. The van der Waals surface area contributed by atoms with Crippen molar-refractivity contribution >= 4 is 19.8 Å². The third-order valence-corrected chi connectivity index (χ3v) is 17.6. The van der Waals surface area contributed by atoms with Crippen LogP contribution in [0.2, 0.25) is 0 Å². The van der Waals surface area contributed by atoms with Crippen LogP contribution in [-0.2, 0) is 32.7 Å². The highest BCUT2D eigenvalue weighted by atomic mass is 31.2. The first-order chi connectivity index (χ1) is 41.0. The topological polar surface area (TPSA) is 111 Å². The van der Waals surface area contributed by atoms with Gasteiger partial charge >= 0.3 is 11.9 Å². The lowest BCUT2D eigenvalue weighted by atomic mass is 10.0. The molecule has 0 aliphatic heterocycles. The van der Waals surface area contributed by atoms with Crippen molar-refractivity contribution < 1.29 is 42.1 Å². The van der Waals surface area contributed by atoms with E-state index in [0.29, 0.717) is 17.4 Å². The van der Waals surface area contributed by atoms with Crippen LogP contribution in [0.15, 0.2) is 36.5 Å². The molecule has 0 aliphatic carbocycles. The van der Waals surface area contributed by atoms with E-state index in [1.165, 1.54) is 302 Å². The third-order valence-electron chi connectivity index (χ3n) is 16.6. The fourth-order valence-electron chi connectivity index (χ4n) is 11.0. The van der Waals surface area contributed by atoms with Gasteiger partial charge in [0.2, 0.25) is 0 Å². The van der Waals surface area contributed by atoms with Crippen molar-refractivity contribution in [1.82, 2.24) is 0 Å². The number of hydrogen-bond donors (Lipinski definition) is 0. The number of carbonyl (C=O) groups excluding carboxylic acids is 2. The zero-order valence-corrected chi connectivity index (χ0v) is 57.5. The van der Waals surface area contributed by atoms with E-state index in [-0.39, 0.29) is 32.0 Å². The molecule has 0 saturated carbocycles. The number of hydrogen-bond acceptors (Lipinski definition) is 8. The van der Waals surface area contributed by atoms with Gasteiger partial charge in [-0.2, -0.15) is 0 Å². The first kappa shape index (κ1) is 82.2. The maximum atomic E-state index is 12.9. The number of ether oxygens (including phenoxy) is 2. The van der Waals surface area contributed by atoms with Crippen LogP contribution in [0.25, 0.3) is 0 Å². The first-order valence-electron chi connectivity index (χ1n) is 36.7. The van der Waals surface area contributed by atoms with E-state index >= 15 is 0 Å². The van der Waals surface area contributed by atoms with E-state index in [1.54, 1.807) is 0 Å². The molecule has 0 spiro atoms. The van der Waals surface area contributed by atoms with E-state index in [0.717, 1.165) is 38.5 Å². The molecule has 0 heterocycles. The van der Waals surface area contributed by atoms with E-state index < -0.39 is 26.5 Å². The average molecular weight is 1200 g/mol. The first-order valence-corrected chi connectivity index (χ1v) is 38.2. The summed E-state index contributed by atoms with van der Waals surface area (Å²) < 4.78 is 34.4. The van der Waals surface area contributed by atoms with Crippen LogP contribution in [-0.4, -0.2) is 70.0 Å². The van der Waals surface area contributed by atoms with Gasteiger partial charge in [0.05, 0.1) is 27.7 Å². The highest BCUT2D eigenvalue weighted by Crippen LogP contribution is 2.38. The largest absolute Gasteiger partial charge is 0.756 e. The minimum atomic E-state index is -4.64. The van der Waals surface area contributed by atoms with Gasteiger partial charge in [-0.3, -0.25) is 14.2 Å². The number of unbranched alkanes of at least 4 members (excludes halogenated alkanes) is 49. The lowest BCUT2D eigenvalue weighted by Crippen LogP contribution is -2.37. The van der Waals surface area contributed by atoms with Gasteiger partial charge in [0.1, 0.15) is 19.8 Å². The Kier molecular flexibility index (Phi) is 64.3. The molecule has 0 aromatic heterocycles. The Bertz CT molecular complexity index is 1510. The van der Waals surface area contributed by atoms with Gasteiger partial charge in [0.25, 0.3) is 7.82 Å². The smallest absolute Gasteiger partial charge is 0.306 e. The number of likely N-dealkylation sites (N-methyl/N-ethyl adjacent to an activating group) is 1. The van der Waals surface area contributed by atoms with Gasteiger partial charge < -0.3 is 27.9 Å². The quantitative estimate of drug-likeness (QED) is 0.0195. The van der Waals surface area contributed by atoms with Crippen molar-refractivity contribution in [2.75, 3.05) is 47.5 Å². The summed E-state index contributed by atoms with van der Waals surface area (Å²) in [4.78, 5) is 38.1. The molecular weight excluding hydrogens is 1060 g/mol. The lowest BCUT2D eigenvalue weighted by Gasteiger charge is -2.28. The summed E-state index contributed by atoms with van der Waals surface area (Å²) in [6.07, 6.45) is 83.8. The molecule has 0 saturated heterocycles. The van der Waals surface area contributed by atoms with Crippen molar-refractivity contribution in [2.24, 2.45) is 0 Å². The summed E-state index contributed by atoms with van der Waals surface area (Å²) in [5.41, 5.74) is 0. The number of esters is 2. The molecule has 84 heavy (non-hydrogen) atoms. The summed E-state index contributed by atoms with van der Waals surface area (Å²) in [5, 5.41) is 0. The van der Waals surface area contributed by atoms with Crippen molar-refractivity contribution in [3.8, 4) is 0 Å². The monoisotopic (exact) mass is 1200 g/mol. The minimum Gasteiger partial charge on any atom is -0.756 e. The predicted octanol–water partition coefficient (Wildman–Crippen LogP) is 23.2. The fraction of sp³-hybridized carbons (Fsp3) is 0.892. The molecule has 9 nitrogen and oxygen atoms in total. The van der Waals surface area contributed by atoms with Crippen molar-refractivity contribution in [2.45, 2.75) is 380 Å². The average Bonchev–Trinajstić information content (AvgIpc) is 3.61. The number of carbonyl (C=O) groups is 2. The number of phosphoric ester groups is 1. The summed E-state index contributed by atoms with van der Waals surface area (Å²) >= 11 is 0. The Hall–Kier alpha value is -1.77. The van der Waals surface area contributed by atoms with Gasteiger partial charge in [-0.15, -0.1) is 0 Å². The van der Waals surface area contributed by atoms with Crippen LogP contribution >= 0.6 is 7.82 Å². The van der Waals surface area contributed by atoms with Crippen molar-refractivity contribution in [3.63, 3.8) is 0 Å². The second-order valence-corrected chi connectivity index (χ2v) is 27.7. The zero-order valence-electron chi connectivity index (χ0n) is 56.6. The normalized spacial score (nSPS) is 13.3. The van der Waals surface area contributed by atoms with Gasteiger partial charge in [-0.25, -0.2) is 0 Å². The zero-order chi connectivity index (χ0) is 61.2. The molecule has 0 aromatic carbocycles.